The van der Waals surface area contributed by atoms with E-state index in [4.69, 9.17) is 0 Å². The molecule has 0 saturated carbocycles. The molecule has 3 heterocycles. The number of hydrogen-bond acceptors (Lipinski definition) is 1. The molecule has 5 rings (SSSR count). The molecule has 2 aromatic carbocycles. The number of fused-ring (bicyclic) bond motifs is 3. The Morgan fingerprint density at radius 1 is 0.846 bits per heavy atom. The maximum Gasteiger partial charge on any atom is 0.368 e. The number of rotatable bonds is 4. The van der Waals surface area contributed by atoms with E-state index >= 15 is 0 Å². The second-order valence-corrected chi connectivity index (χ2v) is 7.27. The lowest BCUT2D eigenvalue weighted by Crippen LogP contribution is -2.32. The van der Waals surface area contributed by atoms with Gasteiger partial charge in [0.1, 0.15) is 22.9 Å². The molecule has 0 unspecified atom stereocenters. The number of hydrogen-bond donors (Lipinski definition) is 1. The van der Waals surface area contributed by atoms with Crippen molar-refractivity contribution in [3.63, 3.8) is 0 Å². The van der Waals surface area contributed by atoms with Crippen LogP contribution in [0.5, 0.6) is 0 Å². The van der Waals surface area contributed by atoms with Crippen molar-refractivity contribution in [1.29, 1.82) is 0 Å². The minimum Gasteiger partial charge on any atom is -0.300 e. The van der Waals surface area contributed by atoms with Gasteiger partial charge in [-0.1, -0.05) is 48.9 Å². The Bertz CT molecular complexity index is 1020. The van der Waals surface area contributed by atoms with Crippen LogP contribution >= 0.6 is 0 Å². The van der Waals surface area contributed by atoms with Crippen molar-refractivity contribution in [3.8, 4) is 11.3 Å². The van der Waals surface area contributed by atoms with Crippen LogP contribution in [0.15, 0.2) is 60.8 Å². The van der Waals surface area contributed by atoms with E-state index in [0.717, 1.165) is 13.1 Å². The molecule has 26 heavy (non-hydrogen) atoms. The number of aromatic nitrogens is 3. The summed E-state index contributed by atoms with van der Waals surface area (Å²) in [5.74, 6) is 1.17. The third kappa shape index (κ3) is 2.71. The third-order valence-corrected chi connectivity index (χ3v) is 5.59. The van der Waals surface area contributed by atoms with Crippen LogP contribution in [0.1, 0.15) is 19.3 Å². The van der Waals surface area contributed by atoms with E-state index in [-0.39, 0.29) is 0 Å². The van der Waals surface area contributed by atoms with Gasteiger partial charge < -0.3 is 4.90 Å². The topological polar surface area (TPSA) is 28.1 Å². The van der Waals surface area contributed by atoms with Crippen LogP contribution in [0.3, 0.4) is 0 Å². The molecule has 4 nitrogen and oxygen atoms in total. The second-order valence-electron chi connectivity index (χ2n) is 7.27. The van der Waals surface area contributed by atoms with Crippen LogP contribution in [0.2, 0.25) is 0 Å². The zero-order valence-electron chi connectivity index (χ0n) is 15.1. The van der Waals surface area contributed by atoms with Crippen molar-refractivity contribution in [2.45, 2.75) is 25.8 Å². The molecule has 4 heteroatoms. The normalized spacial score (nSPS) is 15.8. The highest BCUT2D eigenvalue weighted by Crippen LogP contribution is 2.22. The average molecular weight is 345 g/mol. The minimum absolute atomic E-state index is 1.01. The zero-order valence-corrected chi connectivity index (χ0v) is 15.1. The van der Waals surface area contributed by atoms with Gasteiger partial charge in [0, 0.05) is 12.1 Å². The van der Waals surface area contributed by atoms with E-state index < -0.39 is 0 Å². The number of piperidine rings is 1. The molecule has 2 aromatic heterocycles. The highest BCUT2D eigenvalue weighted by atomic mass is 15.2. The molecule has 0 spiro atoms. The predicted molar refractivity (Wildman–Crippen MR) is 105 cm³/mol. The van der Waals surface area contributed by atoms with Crippen molar-refractivity contribution >= 4 is 16.8 Å². The van der Waals surface area contributed by atoms with E-state index in [1.807, 2.05) is 0 Å². The number of H-pyrrole nitrogens is 1. The Morgan fingerprint density at radius 3 is 2.46 bits per heavy atom. The molecule has 0 radical (unpaired) electrons. The number of likely N-dealkylation sites (tertiary alicyclic amines) is 1. The number of nitrogens with one attached hydrogen (secondary N) is 1. The Hall–Kier alpha value is -2.59. The first-order valence-corrected chi connectivity index (χ1v) is 9.69. The number of nitrogens with zero attached hydrogens (tertiary/aromatic N) is 3. The van der Waals surface area contributed by atoms with Crippen LogP contribution in [0, 0.1) is 0 Å². The Labute approximate surface area is 153 Å². The van der Waals surface area contributed by atoms with E-state index in [1.165, 1.54) is 60.4 Å². The van der Waals surface area contributed by atoms with Crippen molar-refractivity contribution in [3.05, 3.63) is 60.8 Å². The van der Waals surface area contributed by atoms with Crippen molar-refractivity contribution in [1.82, 2.24) is 14.5 Å². The van der Waals surface area contributed by atoms with E-state index in [2.05, 4.69) is 79.6 Å². The Balaban J connectivity index is 1.59. The predicted octanol–water partition coefficient (Wildman–Crippen LogP) is 3.86. The van der Waals surface area contributed by atoms with E-state index in [0.29, 0.717) is 0 Å². The summed E-state index contributed by atoms with van der Waals surface area (Å²) in [7, 11) is 0. The minimum atomic E-state index is 1.01. The van der Waals surface area contributed by atoms with Gasteiger partial charge in [-0.3, -0.25) is 0 Å². The summed E-state index contributed by atoms with van der Waals surface area (Å²) in [5.41, 5.74) is 4.97. The maximum absolute atomic E-state index is 3.63. The summed E-state index contributed by atoms with van der Waals surface area (Å²) in [6.07, 6.45) is 6.35. The van der Waals surface area contributed by atoms with E-state index in [9.17, 15) is 0 Å². The molecule has 0 bridgehead atoms. The standard InChI is InChI=1S/C22H24N4/c1-3-9-18(10-4-1)21-17-26-20-12-6-5-11-19(20)23-22(26)25(21)16-15-24-13-7-2-8-14-24/h1,3-6,9-12,17H,2,7-8,13-16H2/p+1. The molecule has 1 fully saturated rings. The molecular weight excluding hydrogens is 320 g/mol. The van der Waals surface area contributed by atoms with Gasteiger partial charge in [0.05, 0.1) is 6.54 Å². The summed E-state index contributed by atoms with van der Waals surface area (Å²) in [5, 5.41) is 0. The van der Waals surface area contributed by atoms with Crippen LogP contribution < -0.4 is 4.40 Å². The molecular formula is C22H25N4+. The summed E-state index contributed by atoms with van der Waals surface area (Å²) < 4.78 is 4.75. The highest BCUT2D eigenvalue weighted by Gasteiger charge is 2.22. The van der Waals surface area contributed by atoms with Gasteiger partial charge in [-0.25, -0.2) is 9.55 Å². The Morgan fingerprint density at radius 2 is 1.62 bits per heavy atom. The van der Waals surface area contributed by atoms with Crippen molar-refractivity contribution in [2.24, 2.45) is 0 Å². The van der Waals surface area contributed by atoms with Crippen LogP contribution in [0.25, 0.3) is 28.1 Å². The molecule has 132 valence electrons. The Kier molecular flexibility index (Phi) is 3.98. The van der Waals surface area contributed by atoms with Gasteiger partial charge in [-0.2, -0.15) is 4.40 Å². The van der Waals surface area contributed by atoms with Crippen LogP contribution in [0.4, 0.5) is 0 Å². The molecule has 4 aromatic rings. The van der Waals surface area contributed by atoms with Gasteiger partial charge in [0.2, 0.25) is 0 Å². The molecule has 1 aliphatic heterocycles. The summed E-state index contributed by atoms with van der Waals surface area (Å²) in [6, 6.07) is 19.3. The summed E-state index contributed by atoms with van der Waals surface area (Å²) in [4.78, 5) is 6.24. The summed E-state index contributed by atoms with van der Waals surface area (Å²) >= 11 is 0. The second kappa shape index (κ2) is 6.61. The van der Waals surface area contributed by atoms with Crippen LogP contribution in [-0.2, 0) is 6.54 Å². The number of aromatic amines is 1. The first kappa shape index (κ1) is 15.6. The smallest absolute Gasteiger partial charge is 0.300 e. The first-order chi connectivity index (χ1) is 12.9. The van der Waals surface area contributed by atoms with Gasteiger partial charge in [-0.15, -0.1) is 0 Å². The fourth-order valence-corrected chi connectivity index (χ4v) is 4.21. The quantitative estimate of drug-likeness (QED) is 0.559. The van der Waals surface area contributed by atoms with E-state index in [1.54, 1.807) is 0 Å². The van der Waals surface area contributed by atoms with Gasteiger partial charge in [0.25, 0.3) is 0 Å². The zero-order chi connectivity index (χ0) is 17.3. The molecule has 0 atom stereocenters. The summed E-state index contributed by atoms with van der Waals surface area (Å²) in [6.45, 7) is 4.60. The fraction of sp³-hybridized carbons (Fsp3) is 0.318. The van der Waals surface area contributed by atoms with Crippen molar-refractivity contribution in [2.75, 3.05) is 19.6 Å². The SMILES string of the molecule is c1ccc(-c2c[n+]3c4ccccc4[nH]c3n2CCN2CCCCC2)cc1. The van der Waals surface area contributed by atoms with Crippen LogP contribution in [-0.4, -0.2) is 34.1 Å². The van der Waals surface area contributed by atoms with Crippen molar-refractivity contribution < 1.29 is 4.40 Å². The monoisotopic (exact) mass is 345 g/mol. The largest absolute Gasteiger partial charge is 0.368 e. The van der Waals surface area contributed by atoms with Gasteiger partial charge in [-0.05, 0) is 38.1 Å². The molecule has 1 N–H and O–H groups in total. The van der Waals surface area contributed by atoms with Gasteiger partial charge in [0.15, 0.2) is 0 Å². The maximum atomic E-state index is 3.63. The first-order valence-electron chi connectivity index (χ1n) is 9.69. The van der Waals surface area contributed by atoms with Gasteiger partial charge >= 0.3 is 5.78 Å². The molecule has 0 amide bonds. The lowest BCUT2D eigenvalue weighted by atomic mass is 10.1. The molecule has 1 saturated heterocycles. The third-order valence-electron chi connectivity index (χ3n) is 5.59. The number of para-hydroxylation sites is 2. The number of imidazole rings is 2. The highest BCUT2D eigenvalue weighted by molar-refractivity contribution is 5.74. The molecule has 1 aliphatic rings. The number of benzene rings is 2. The molecule has 0 aliphatic carbocycles. The lowest BCUT2D eigenvalue weighted by Gasteiger charge is -2.25. The lowest BCUT2D eigenvalue weighted by molar-refractivity contribution is -0.479. The average Bonchev–Trinajstić information content (AvgIpc) is 3.24. The fourth-order valence-electron chi connectivity index (χ4n) is 4.21.